The highest BCUT2D eigenvalue weighted by Crippen LogP contribution is 2.22. The van der Waals surface area contributed by atoms with Gasteiger partial charge in [0.25, 0.3) is 0 Å². The van der Waals surface area contributed by atoms with Crippen molar-refractivity contribution in [2.24, 2.45) is 11.7 Å². The van der Waals surface area contributed by atoms with Gasteiger partial charge in [-0.3, -0.25) is 0 Å². The second-order valence-electron chi connectivity index (χ2n) is 5.83. The van der Waals surface area contributed by atoms with Crippen LogP contribution in [-0.2, 0) is 0 Å². The van der Waals surface area contributed by atoms with Crippen LogP contribution in [0.1, 0.15) is 52.1 Å². The molecule has 0 heterocycles. The average molecular weight is 278 g/mol. The fourth-order valence-electron chi connectivity index (χ4n) is 2.40. The van der Waals surface area contributed by atoms with Crippen LogP contribution in [-0.4, -0.2) is 24.3 Å². The molecule has 0 bridgehead atoms. The number of nitrogens with zero attached hydrogens (tertiary/aromatic N) is 1. The quantitative estimate of drug-likeness (QED) is 0.767. The van der Waals surface area contributed by atoms with Crippen LogP contribution >= 0.6 is 0 Å². The maximum Gasteiger partial charge on any atom is 0.0732 e. The minimum absolute atomic E-state index is 0.292. The van der Waals surface area contributed by atoms with Crippen LogP contribution in [0, 0.1) is 5.92 Å². The van der Waals surface area contributed by atoms with Crippen LogP contribution in [0.5, 0.6) is 0 Å². The molecule has 3 nitrogen and oxygen atoms in total. The standard InChI is InChI=1S/C17H30N2O/c1-5-19(6-2)15-10-8-14(9-11-15)17(18)16(20)12-7-13(3)4/h8-11,13,16-17,20H,5-7,12,18H2,1-4H3/t16-,17+/m0/s1. The molecule has 0 fully saturated rings. The van der Waals surface area contributed by atoms with E-state index in [0.29, 0.717) is 5.92 Å². The van der Waals surface area contributed by atoms with Crippen molar-refractivity contribution in [2.75, 3.05) is 18.0 Å². The molecule has 2 atom stereocenters. The summed E-state index contributed by atoms with van der Waals surface area (Å²) in [5, 5.41) is 10.2. The van der Waals surface area contributed by atoms with Gasteiger partial charge in [0.15, 0.2) is 0 Å². The van der Waals surface area contributed by atoms with Gasteiger partial charge in [0, 0.05) is 18.8 Å². The number of aliphatic hydroxyl groups excluding tert-OH is 1. The third-order valence-electron chi connectivity index (χ3n) is 3.86. The van der Waals surface area contributed by atoms with Crippen LogP contribution < -0.4 is 10.6 Å². The van der Waals surface area contributed by atoms with Crippen LogP contribution in [0.2, 0.25) is 0 Å². The van der Waals surface area contributed by atoms with Gasteiger partial charge in [-0.25, -0.2) is 0 Å². The maximum atomic E-state index is 10.2. The van der Waals surface area contributed by atoms with Gasteiger partial charge in [-0.2, -0.15) is 0 Å². The minimum atomic E-state index is -0.461. The Hall–Kier alpha value is -1.06. The Morgan fingerprint density at radius 1 is 1.05 bits per heavy atom. The first kappa shape index (κ1) is 17.0. The summed E-state index contributed by atoms with van der Waals surface area (Å²) in [7, 11) is 0. The highest BCUT2D eigenvalue weighted by atomic mass is 16.3. The molecule has 3 heteroatoms. The summed E-state index contributed by atoms with van der Waals surface area (Å²) in [5.41, 5.74) is 8.37. The van der Waals surface area contributed by atoms with E-state index in [0.717, 1.165) is 31.5 Å². The van der Waals surface area contributed by atoms with E-state index in [4.69, 9.17) is 5.73 Å². The highest BCUT2D eigenvalue weighted by Gasteiger charge is 2.17. The molecule has 1 aromatic carbocycles. The molecule has 1 aromatic rings. The van der Waals surface area contributed by atoms with E-state index in [1.807, 2.05) is 12.1 Å². The number of aliphatic hydroxyl groups is 1. The van der Waals surface area contributed by atoms with Gasteiger partial charge in [0.05, 0.1) is 12.1 Å². The number of benzene rings is 1. The van der Waals surface area contributed by atoms with Crippen molar-refractivity contribution >= 4 is 5.69 Å². The molecule has 3 N–H and O–H groups in total. The van der Waals surface area contributed by atoms with Crippen LogP contribution in [0.25, 0.3) is 0 Å². The van der Waals surface area contributed by atoms with E-state index in [9.17, 15) is 5.11 Å². The van der Waals surface area contributed by atoms with Crippen LogP contribution in [0.15, 0.2) is 24.3 Å². The molecule has 0 unspecified atom stereocenters. The smallest absolute Gasteiger partial charge is 0.0732 e. The van der Waals surface area contributed by atoms with Gasteiger partial charge in [-0.05, 0) is 50.3 Å². The van der Waals surface area contributed by atoms with Crippen molar-refractivity contribution in [2.45, 2.75) is 52.7 Å². The first-order valence-corrected chi connectivity index (χ1v) is 7.78. The Kier molecular flexibility index (Phi) is 7.03. The average Bonchev–Trinajstić information content (AvgIpc) is 2.46. The SMILES string of the molecule is CCN(CC)c1ccc([C@@H](N)[C@@H](O)CCC(C)C)cc1. The number of anilines is 1. The molecule has 0 saturated carbocycles. The lowest BCUT2D eigenvalue weighted by molar-refractivity contribution is 0.128. The summed E-state index contributed by atoms with van der Waals surface area (Å²) in [6.07, 6.45) is 1.31. The number of nitrogens with two attached hydrogens (primary N) is 1. The van der Waals surface area contributed by atoms with Gasteiger partial charge in [0.2, 0.25) is 0 Å². The van der Waals surface area contributed by atoms with E-state index in [1.54, 1.807) is 0 Å². The van der Waals surface area contributed by atoms with Gasteiger partial charge in [-0.15, -0.1) is 0 Å². The molecule has 1 rings (SSSR count). The summed E-state index contributed by atoms with van der Waals surface area (Å²) in [6, 6.07) is 7.97. The first-order chi connectivity index (χ1) is 9.49. The van der Waals surface area contributed by atoms with Crippen molar-refractivity contribution in [1.82, 2.24) is 0 Å². The van der Waals surface area contributed by atoms with Crippen molar-refractivity contribution < 1.29 is 5.11 Å². The van der Waals surface area contributed by atoms with Crippen molar-refractivity contribution in [3.05, 3.63) is 29.8 Å². The fourth-order valence-corrected chi connectivity index (χ4v) is 2.40. The van der Waals surface area contributed by atoms with Gasteiger partial charge in [-0.1, -0.05) is 26.0 Å². The highest BCUT2D eigenvalue weighted by molar-refractivity contribution is 5.47. The number of hydrogen-bond donors (Lipinski definition) is 2. The summed E-state index contributed by atoms with van der Waals surface area (Å²) < 4.78 is 0. The van der Waals surface area contributed by atoms with E-state index < -0.39 is 6.10 Å². The largest absolute Gasteiger partial charge is 0.391 e. The third kappa shape index (κ3) is 4.80. The Bertz CT molecular complexity index is 371. The predicted octanol–water partition coefficient (Wildman–Crippen LogP) is 3.33. The topological polar surface area (TPSA) is 49.5 Å². The lowest BCUT2D eigenvalue weighted by Crippen LogP contribution is -2.27. The number of hydrogen-bond acceptors (Lipinski definition) is 3. The lowest BCUT2D eigenvalue weighted by atomic mass is 9.96. The molecule has 0 aliphatic carbocycles. The summed E-state index contributed by atoms with van der Waals surface area (Å²) in [6.45, 7) is 10.6. The molecule has 0 amide bonds. The van der Waals surface area contributed by atoms with Gasteiger partial charge in [0.1, 0.15) is 0 Å². The van der Waals surface area contributed by atoms with Gasteiger partial charge < -0.3 is 15.7 Å². The predicted molar refractivity (Wildman–Crippen MR) is 87.0 cm³/mol. The molecule has 0 aliphatic heterocycles. The molecule has 0 radical (unpaired) electrons. The molecule has 0 spiro atoms. The first-order valence-electron chi connectivity index (χ1n) is 7.78. The zero-order valence-electron chi connectivity index (χ0n) is 13.3. The Morgan fingerprint density at radius 2 is 1.60 bits per heavy atom. The molecule has 114 valence electrons. The molecule has 0 saturated heterocycles. The second kappa shape index (κ2) is 8.28. The van der Waals surface area contributed by atoms with Crippen molar-refractivity contribution in [3.8, 4) is 0 Å². The van der Waals surface area contributed by atoms with E-state index >= 15 is 0 Å². The van der Waals surface area contributed by atoms with E-state index in [2.05, 4.69) is 44.7 Å². The summed E-state index contributed by atoms with van der Waals surface area (Å²) >= 11 is 0. The van der Waals surface area contributed by atoms with Gasteiger partial charge >= 0.3 is 0 Å². The van der Waals surface area contributed by atoms with Crippen molar-refractivity contribution in [1.29, 1.82) is 0 Å². The normalized spacial score (nSPS) is 14.3. The number of rotatable bonds is 8. The summed E-state index contributed by atoms with van der Waals surface area (Å²) in [5.74, 6) is 0.599. The van der Waals surface area contributed by atoms with Crippen LogP contribution in [0.3, 0.4) is 0 Å². The summed E-state index contributed by atoms with van der Waals surface area (Å²) in [4.78, 5) is 2.30. The van der Waals surface area contributed by atoms with E-state index in [1.165, 1.54) is 5.69 Å². The molecule has 20 heavy (non-hydrogen) atoms. The zero-order valence-corrected chi connectivity index (χ0v) is 13.3. The molecule has 0 aromatic heterocycles. The second-order valence-corrected chi connectivity index (χ2v) is 5.83. The zero-order chi connectivity index (χ0) is 15.1. The third-order valence-corrected chi connectivity index (χ3v) is 3.86. The van der Waals surface area contributed by atoms with E-state index in [-0.39, 0.29) is 6.04 Å². The molecule has 0 aliphatic rings. The maximum absolute atomic E-state index is 10.2. The van der Waals surface area contributed by atoms with Crippen molar-refractivity contribution in [3.63, 3.8) is 0 Å². The Balaban J connectivity index is 2.67. The molecular formula is C17H30N2O. The Labute approximate surface area is 123 Å². The Morgan fingerprint density at radius 3 is 2.05 bits per heavy atom. The lowest BCUT2D eigenvalue weighted by Gasteiger charge is -2.23. The fraction of sp³-hybridized carbons (Fsp3) is 0.647. The minimum Gasteiger partial charge on any atom is -0.391 e. The molecular weight excluding hydrogens is 248 g/mol. The van der Waals surface area contributed by atoms with Crippen LogP contribution in [0.4, 0.5) is 5.69 Å². The monoisotopic (exact) mass is 278 g/mol.